The first-order valence-corrected chi connectivity index (χ1v) is 6.67. The Labute approximate surface area is 106 Å². The number of hydrogen-bond acceptors (Lipinski definition) is 3. The van der Waals surface area contributed by atoms with Crippen LogP contribution in [0.4, 0.5) is 5.82 Å². The third-order valence-corrected chi connectivity index (χ3v) is 3.54. The van der Waals surface area contributed by atoms with E-state index in [1.54, 1.807) is 0 Å². The lowest BCUT2D eigenvalue weighted by molar-refractivity contribution is 0.544. The minimum absolute atomic E-state index is 0.120. The van der Waals surface area contributed by atoms with Crippen molar-refractivity contribution < 1.29 is 0 Å². The van der Waals surface area contributed by atoms with Gasteiger partial charge in [-0.3, -0.25) is 14.3 Å². The maximum Gasteiger partial charge on any atom is 0.330 e. The molecule has 18 heavy (non-hydrogen) atoms. The molecule has 0 radical (unpaired) electrons. The van der Waals surface area contributed by atoms with Crippen molar-refractivity contribution in [2.75, 3.05) is 11.9 Å². The fourth-order valence-corrected chi connectivity index (χ4v) is 2.56. The minimum atomic E-state index is -0.341. The van der Waals surface area contributed by atoms with Crippen LogP contribution >= 0.6 is 0 Å². The van der Waals surface area contributed by atoms with Crippen LogP contribution in [-0.4, -0.2) is 16.1 Å². The van der Waals surface area contributed by atoms with Gasteiger partial charge in [0.25, 0.3) is 5.56 Å². The summed E-state index contributed by atoms with van der Waals surface area (Å²) < 4.78 is 1.22. The summed E-state index contributed by atoms with van der Waals surface area (Å²) in [7, 11) is 0. The second kappa shape index (κ2) is 5.42. The van der Waals surface area contributed by atoms with Crippen molar-refractivity contribution in [2.45, 2.75) is 45.6 Å². The van der Waals surface area contributed by atoms with Crippen LogP contribution in [0.1, 0.15) is 45.6 Å². The molecule has 0 bridgehead atoms. The first-order chi connectivity index (χ1) is 8.58. The van der Waals surface area contributed by atoms with Crippen LogP contribution in [0.3, 0.4) is 0 Å². The average molecular weight is 251 g/mol. The van der Waals surface area contributed by atoms with Gasteiger partial charge >= 0.3 is 5.69 Å². The summed E-state index contributed by atoms with van der Waals surface area (Å²) in [6.45, 7) is 4.48. The normalized spacial score (nSPS) is 16.4. The molecule has 1 aromatic heterocycles. The molecular formula is C13H21N3O2. The van der Waals surface area contributed by atoms with Gasteiger partial charge in [-0.05, 0) is 32.6 Å². The zero-order valence-electron chi connectivity index (χ0n) is 11.0. The molecule has 2 N–H and O–H groups in total. The van der Waals surface area contributed by atoms with E-state index in [1.165, 1.54) is 36.3 Å². The van der Waals surface area contributed by atoms with Crippen molar-refractivity contribution in [3.63, 3.8) is 0 Å². The maximum absolute atomic E-state index is 11.8. The lowest BCUT2D eigenvalue weighted by Gasteiger charge is -2.13. The van der Waals surface area contributed by atoms with Crippen LogP contribution in [0.5, 0.6) is 0 Å². The fourth-order valence-electron chi connectivity index (χ4n) is 2.56. The number of anilines is 1. The van der Waals surface area contributed by atoms with Crippen LogP contribution in [0, 0.1) is 5.92 Å². The van der Waals surface area contributed by atoms with E-state index in [1.807, 2.05) is 13.8 Å². The zero-order valence-corrected chi connectivity index (χ0v) is 11.0. The molecule has 1 fully saturated rings. The first-order valence-electron chi connectivity index (χ1n) is 6.67. The molecular weight excluding hydrogens is 230 g/mol. The third kappa shape index (κ3) is 2.83. The molecule has 5 heteroatoms. The van der Waals surface area contributed by atoms with Crippen LogP contribution in [-0.2, 0) is 0 Å². The van der Waals surface area contributed by atoms with Gasteiger partial charge in [-0.2, -0.15) is 0 Å². The number of nitrogens with zero attached hydrogens (tertiary/aromatic N) is 1. The lowest BCUT2D eigenvalue weighted by atomic mass is 10.1. The van der Waals surface area contributed by atoms with Gasteiger partial charge < -0.3 is 5.32 Å². The molecule has 0 amide bonds. The average Bonchev–Trinajstić information content (AvgIpc) is 2.77. The summed E-state index contributed by atoms with van der Waals surface area (Å²) in [6, 6.07) is 1.35. The van der Waals surface area contributed by atoms with Gasteiger partial charge in [-0.1, -0.05) is 12.8 Å². The van der Waals surface area contributed by atoms with E-state index in [2.05, 4.69) is 10.3 Å². The Hall–Kier alpha value is -1.52. The van der Waals surface area contributed by atoms with E-state index in [4.69, 9.17) is 0 Å². The Balaban J connectivity index is 2.10. The Morgan fingerprint density at radius 3 is 2.61 bits per heavy atom. The van der Waals surface area contributed by atoms with Crippen molar-refractivity contribution in [3.8, 4) is 0 Å². The predicted molar refractivity (Wildman–Crippen MR) is 72.2 cm³/mol. The van der Waals surface area contributed by atoms with Gasteiger partial charge in [0, 0.05) is 18.7 Å². The second-order valence-electron chi connectivity index (χ2n) is 5.32. The van der Waals surface area contributed by atoms with E-state index >= 15 is 0 Å². The van der Waals surface area contributed by atoms with Crippen LogP contribution in [0.2, 0.25) is 0 Å². The first kappa shape index (κ1) is 12.9. The van der Waals surface area contributed by atoms with E-state index in [9.17, 15) is 9.59 Å². The minimum Gasteiger partial charge on any atom is -0.371 e. The Morgan fingerprint density at radius 2 is 2.06 bits per heavy atom. The van der Waals surface area contributed by atoms with Gasteiger partial charge in [-0.15, -0.1) is 0 Å². The van der Waals surface area contributed by atoms with Crippen LogP contribution in [0.25, 0.3) is 0 Å². The van der Waals surface area contributed by atoms with Gasteiger partial charge in [0.05, 0.1) is 0 Å². The second-order valence-corrected chi connectivity index (χ2v) is 5.32. The molecule has 0 aliphatic heterocycles. The fraction of sp³-hybridized carbons (Fsp3) is 0.692. The summed E-state index contributed by atoms with van der Waals surface area (Å²) >= 11 is 0. The number of hydrogen-bond donors (Lipinski definition) is 2. The highest BCUT2D eigenvalue weighted by Crippen LogP contribution is 2.24. The molecule has 0 saturated heterocycles. The number of nitrogens with one attached hydrogen (secondary N) is 2. The van der Waals surface area contributed by atoms with E-state index in [0.29, 0.717) is 11.7 Å². The van der Waals surface area contributed by atoms with Gasteiger partial charge in [0.2, 0.25) is 0 Å². The Kier molecular flexibility index (Phi) is 3.89. The summed E-state index contributed by atoms with van der Waals surface area (Å²) in [4.78, 5) is 26.3. The number of aromatic nitrogens is 2. The number of rotatable bonds is 4. The summed E-state index contributed by atoms with van der Waals surface area (Å²) in [6.07, 6.45) is 5.05. The molecule has 1 aromatic rings. The van der Waals surface area contributed by atoms with E-state index in [0.717, 1.165) is 6.54 Å². The highest BCUT2D eigenvalue weighted by molar-refractivity contribution is 5.32. The molecule has 100 valence electrons. The molecule has 1 heterocycles. The molecule has 0 aromatic carbocycles. The molecule has 0 unspecified atom stereocenters. The van der Waals surface area contributed by atoms with E-state index < -0.39 is 0 Å². The predicted octanol–water partition coefficient (Wildman–Crippen LogP) is 1.72. The highest BCUT2D eigenvalue weighted by Gasteiger charge is 2.15. The SMILES string of the molecule is CC(C)n1c(=O)cc(NCC2CCCC2)[nH]c1=O. The largest absolute Gasteiger partial charge is 0.371 e. The van der Waals surface area contributed by atoms with Crippen molar-refractivity contribution in [1.82, 2.24) is 9.55 Å². The van der Waals surface area contributed by atoms with Crippen molar-refractivity contribution in [2.24, 2.45) is 5.92 Å². The molecule has 0 atom stereocenters. The summed E-state index contributed by atoms with van der Waals surface area (Å²) in [5.41, 5.74) is -0.589. The topological polar surface area (TPSA) is 66.9 Å². The zero-order chi connectivity index (χ0) is 13.1. The molecule has 5 nitrogen and oxygen atoms in total. The van der Waals surface area contributed by atoms with Gasteiger partial charge in [-0.25, -0.2) is 4.79 Å². The van der Waals surface area contributed by atoms with Crippen molar-refractivity contribution in [3.05, 3.63) is 26.9 Å². The molecule has 2 rings (SSSR count). The Morgan fingerprint density at radius 1 is 1.39 bits per heavy atom. The summed E-state index contributed by atoms with van der Waals surface area (Å²) in [5.74, 6) is 1.20. The number of aromatic amines is 1. The van der Waals surface area contributed by atoms with Crippen LogP contribution < -0.4 is 16.6 Å². The van der Waals surface area contributed by atoms with Gasteiger partial charge in [0.1, 0.15) is 5.82 Å². The van der Waals surface area contributed by atoms with Gasteiger partial charge in [0.15, 0.2) is 0 Å². The Bertz CT molecular complexity index is 478. The van der Waals surface area contributed by atoms with Crippen molar-refractivity contribution in [1.29, 1.82) is 0 Å². The third-order valence-electron chi connectivity index (χ3n) is 3.54. The monoisotopic (exact) mass is 251 g/mol. The van der Waals surface area contributed by atoms with Crippen molar-refractivity contribution >= 4 is 5.82 Å². The van der Waals surface area contributed by atoms with Crippen LogP contribution in [0.15, 0.2) is 15.7 Å². The number of H-pyrrole nitrogens is 1. The smallest absolute Gasteiger partial charge is 0.330 e. The standard InChI is InChI=1S/C13H21N3O2/c1-9(2)16-12(17)7-11(15-13(16)18)14-8-10-5-3-4-6-10/h7,9-10,14H,3-6,8H2,1-2H3,(H,15,18). The summed E-state index contributed by atoms with van der Waals surface area (Å²) in [5, 5.41) is 3.17. The molecule has 1 aliphatic carbocycles. The highest BCUT2D eigenvalue weighted by atomic mass is 16.2. The van der Waals surface area contributed by atoms with E-state index in [-0.39, 0.29) is 17.3 Å². The molecule has 1 aliphatic rings. The quantitative estimate of drug-likeness (QED) is 0.856. The molecule has 0 spiro atoms. The molecule has 1 saturated carbocycles. The lowest BCUT2D eigenvalue weighted by Crippen LogP contribution is -2.36. The maximum atomic E-state index is 11.8.